The average molecular weight is 323 g/mol. The maximum absolute atomic E-state index is 9.41. The van der Waals surface area contributed by atoms with Crippen LogP contribution in [0.3, 0.4) is 0 Å². The summed E-state index contributed by atoms with van der Waals surface area (Å²) >= 11 is 0. The maximum atomic E-state index is 9.41. The van der Waals surface area contributed by atoms with Crippen LogP contribution >= 0.6 is 0 Å². The molecule has 0 aliphatic heterocycles. The van der Waals surface area contributed by atoms with Gasteiger partial charge in [0.05, 0.1) is 24.5 Å². The van der Waals surface area contributed by atoms with Crippen LogP contribution in [0.15, 0.2) is 18.2 Å². The Labute approximate surface area is 139 Å². The van der Waals surface area contributed by atoms with Crippen molar-refractivity contribution in [3.8, 4) is 23.6 Å². The zero-order valence-corrected chi connectivity index (χ0v) is 13.5. The molecule has 0 unspecified atom stereocenters. The van der Waals surface area contributed by atoms with Crippen molar-refractivity contribution in [3.63, 3.8) is 0 Å². The zero-order chi connectivity index (χ0) is 17.5. The molecule has 3 N–H and O–H groups in total. The molecular formula is C17H17N5O2. The predicted octanol–water partition coefficient (Wildman–Crippen LogP) is 2.73. The van der Waals surface area contributed by atoms with E-state index in [1.165, 1.54) is 0 Å². The van der Waals surface area contributed by atoms with Crippen LogP contribution in [0.2, 0.25) is 0 Å². The van der Waals surface area contributed by atoms with E-state index in [2.05, 4.69) is 16.3 Å². The molecule has 0 atom stereocenters. The molecular weight excluding hydrogens is 306 g/mol. The van der Waals surface area contributed by atoms with Gasteiger partial charge in [-0.3, -0.25) is 5.10 Å². The number of aromatic nitrogens is 2. The minimum Gasteiger partial charge on any atom is -0.490 e. The van der Waals surface area contributed by atoms with Gasteiger partial charge in [0, 0.05) is 0 Å². The Hall–Kier alpha value is -3.45. The van der Waals surface area contributed by atoms with Gasteiger partial charge in [-0.25, -0.2) is 0 Å². The summed E-state index contributed by atoms with van der Waals surface area (Å²) in [4.78, 5) is 0. The second-order valence-corrected chi connectivity index (χ2v) is 4.71. The number of nitrogen functional groups attached to an aromatic ring is 1. The SMILES string of the molecule is CCOc1ccc(C=C(C#N)c2[nH]nc(N)c2C#N)cc1OCC. The molecule has 1 aromatic heterocycles. The number of nitriles is 2. The van der Waals surface area contributed by atoms with Crippen LogP contribution in [0, 0.1) is 22.7 Å². The van der Waals surface area contributed by atoms with Crippen molar-refractivity contribution in [2.24, 2.45) is 0 Å². The van der Waals surface area contributed by atoms with Gasteiger partial charge in [-0.05, 0) is 37.6 Å². The van der Waals surface area contributed by atoms with E-state index in [1.807, 2.05) is 19.9 Å². The molecule has 0 spiro atoms. The fraction of sp³-hybridized carbons (Fsp3) is 0.235. The van der Waals surface area contributed by atoms with Gasteiger partial charge in [-0.1, -0.05) is 6.07 Å². The van der Waals surface area contributed by atoms with Gasteiger partial charge in [0.25, 0.3) is 0 Å². The lowest BCUT2D eigenvalue weighted by Gasteiger charge is -2.11. The molecule has 24 heavy (non-hydrogen) atoms. The van der Waals surface area contributed by atoms with Crippen molar-refractivity contribution >= 4 is 17.5 Å². The molecule has 0 aliphatic carbocycles. The Morgan fingerprint density at radius 1 is 1.25 bits per heavy atom. The molecule has 7 heteroatoms. The summed E-state index contributed by atoms with van der Waals surface area (Å²) in [5.41, 5.74) is 7.05. The van der Waals surface area contributed by atoms with Gasteiger partial charge < -0.3 is 15.2 Å². The number of nitrogens with zero attached hydrogens (tertiary/aromatic N) is 3. The number of hydrogen-bond acceptors (Lipinski definition) is 6. The number of allylic oxidation sites excluding steroid dienone is 1. The highest BCUT2D eigenvalue weighted by molar-refractivity contribution is 5.91. The number of hydrogen-bond donors (Lipinski definition) is 2. The summed E-state index contributed by atoms with van der Waals surface area (Å²) in [6.07, 6.45) is 1.63. The topological polar surface area (TPSA) is 121 Å². The summed E-state index contributed by atoms with van der Waals surface area (Å²) < 4.78 is 11.1. The summed E-state index contributed by atoms with van der Waals surface area (Å²) in [5.74, 6) is 1.30. The van der Waals surface area contributed by atoms with Gasteiger partial charge in [-0.15, -0.1) is 0 Å². The quantitative estimate of drug-likeness (QED) is 0.788. The van der Waals surface area contributed by atoms with Crippen molar-refractivity contribution in [1.29, 1.82) is 10.5 Å². The fourth-order valence-electron chi connectivity index (χ4n) is 2.15. The maximum Gasteiger partial charge on any atom is 0.163 e. The minimum atomic E-state index is 0.0651. The van der Waals surface area contributed by atoms with Crippen LogP contribution in [0.25, 0.3) is 11.6 Å². The summed E-state index contributed by atoms with van der Waals surface area (Å²) in [5, 5.41) is 25.0. The summed E-state index contributed by atoms with van der Waals surface area (Å²) in [6.45, 7) is 4.79. The molecule has 0 saturated carbocycles. The van der Waals surface area contributed by atoms with Gasteiger partial charge in [0.2, 0.25) is 0 Å². The normalized spacial score (nSPS) is 10.8. The van der Waals surface area contributed by atoms with E-state index in [0.717, 1.165) is 5.56 Å². The second-order valence-electron chi connectivity index (χ2n) is 4.71. The van der Waals surface area contributed by atoms with E-state index in [9.17, 15) is 5.26 Å². The molecule has 0 bridgehead atoms. The molecule has 0 aliphatic rings. The smallest absolute Gasteiger partial charge is 0.163 e. The molecule has 2 rings (SSSR count). The molecule has 1 aromatic carbocycles. The van der Waals surface area contributed by atoms with Gasteiger partial charge in [0.15, 0.2) is 17.3 Å². The molecule has 1 heterocycles. The predicted molar refractivity (Wildman–Crippen MR) is 90.0 cm³/mol. The lowest BCUT2D eigenvalue weighted by molar-refractivity contribution is 0.287. The Kier molecular flexibility index (Phi) is 5.43. The standard InChI is InChI=1S/C17H17N5O2/c1-3-23-14-6-5-11(8-15(14)24-4-2)7-12(9-18)16-13(10-19)17(20)22-21-16/h5-8H,3-4H2,1-2H3,(H3,20,21,22). The number of rotatable bonds is 6. The monoisotopic (exact) mass is 323 g/mol. The lowest BCUT2D eigenvalue weighted by atomic mass is 10.1. The Balaban J connectivity index is 2.46. The molecule has 0 amide bonds. The van der Waals surface area contributed by atoms with E-state index < -0.39 is 0 Å². The molecule has 2 aromatic rings. The van der Waals surface area contributed by atoms with Crippen LogP contribution < -0.4 is 15.2 Å². The largest absolute Gasteiger partial charge is 0.490 e. The molecule has 0 saturated heterocycles. The highest BCUT2D eigenvalue weighted by Crippen LogP contribution is 2.30. The minimum absolute atomic E-state index is 0.0651. The van der Waals surface area contributed by atoms with E-state index in [1.54, 1.807) is 24.3 Å². The first-order valence-corrected chi connectivity index (χ1v) is 7.40. The summed E-state index contributed by atoms with van der Waals surface area (Å²) in [7, 11) is 0. The number of ether oxygens (including phenoxy) is 2. The first-order valence-electron chi connectivity index (χ1n) is 7.40. The first kappa shape index (κ1) is 16.9. The van der Waals surface area contributed by atoms with Crippen molar-refractivity contribution in [1.82, 2.24) is 10.2 Å². The van der Waals surface area contributed by atoms with E-state index >= 15 is 0 Å². The molecule has 7 nitrogen and oxygen atoms in total. The van der Waals surface area contributed by atoms with Crippen LogP contribution in [0.1, 0.15) is 30.7 Å². The van der Waals surface area contributed by atoms with Gasteiger partial charge in [0.1, 0.15) is 17.7 Å². The van der Waals surface area contributed by atoms with Gasteiger partial charge >= 0.3 is 0 Å². The third-order valence-corrected chi connectivity index (χ3v) is 3.17. The number of anilines is 1. The number of H-pyrrole nitrogens is 1. The zero-order valence-electron chi connectivity index (χ0n) is 13.5. The van der Waals surface area contributed by atoms with Crippen molar-refractivity contribution < 1.29 is 9.47 Å². The van der Waals surface area contributed by atoms with Crippen LogP contribution in [0.4, 0.5) is 5.82 Å². The highest BCUT2D eigenvalue weighted by atomic mass is 16.5. The van der Waals surface area contributed by atoms with E-state index in [4.69, 9.17) is 20.5 Å². The Morgan fingerprint density at radius 3 is 2.58 bits per heavy atom. The lowest BCUT2D eigenvalue weighted by Crippen LogP contribution is -1.98. The first-order chi connectivity index (χ1) is 11.6. The van der Waals surface area contributed by atoms with E-state index in [0.29, 0.717) is 30.4 Å². The third kappa shape index (κ3) is 3.47. The van der Waals surface area contributed by atoms with Crippen LogP contribution in [0.5, 0.6) is 11.5 Å². The van der Waals surface area contributed by atoms with Crippen molar-refractivity contribution in [2.75, 3.05) is 18.9 Å². The number of benzene rings is 1. The van der Waals surface area contributed by atoms with Gasteiger partial charge in [-0.2, -0.15) is 15.6 Å². The van der Waals surface area contributed by atoms with Crippen molar-refractivity contribution in [3.05, 3.63) is 35.0 Å². The third-order valence-electron chi connectivity index (χ3n) is 3.17. The van der Waals surface area contributed by atoms with Crippen molar-refractivity contribution in [2.45, 2.75) is 13.8 Å². The highest BCUT2D eigenvalue weighted by Gasteiger charge is 2.15. The van der Waals surface area contributed by atoms with Crippen LogP contribution in [-0.4, -0.2) is 23.4 Å². The molecule has 0 fully saturated rings. The molecule has 0 radical (unpaired) electrons. The number of nitrogens with one attached hydrogen (secondary N) is 1. The Morgan fingerprint density at radius 2 is 1.96 bits per heavy atom. The van der Waals surface area contributed by atoms with E-state index in [-0.39, 0.29) is 17.0 Å². The number of nitrogens with two attached hydrogens (primary N) is 1. The second kappa shape index (κ2) is 7.70. The number of aromatic amines is 1. The fourth-order valence-corrected chi connectivity index (χ4v) is 2.15. The average Bonchev–Trinajstić information content (AvgIpc) is 2.95. The molecule has 122 valence electrons. The van der Waals surface area contributed by atoms with Crippen LogP contribution in [-0.2, 0) is 0 Å². The summed E-state index contributed by atoms with van der Waals surface area (Å²) in [6, 6.07) is 9.36. The Bertz CT molecular complexity index is 840.